The van der Waals surface area contributed by atoms with Crippen LogP contribution in [0.4, 0.5) is 11.5 Å². The minimum absolute atomic E-state index is 0.343. The second kappa shape index (κ2) is 5.31. The van der Waals surface area contributed by atoms with E-state index in [9.17, 15) is 4.79 Å². The Labute approximate surface area is 118 Å². The van der Waals surface area contributed by atoms with Crippen molar-refractivity contribution in [3.63, 3.8) is 0 Å². The van der Waals surface area contributed by atoms with E-state index in [0.717, 1.165) is 11.8 Å². The third-order valence-electron chi connectivity index (χ3n) is 4.55. The SMILES string of the molecule is CCOC(=O)c1ccnc(NC2CC3CCC2C3)c1N. The molecule has 108 valence electrons. The van der Waals surface area contributed by atoms with Crippen LogP contribution in [-0.2, 0) is 4.74 Å². The minimum atomic E-state index is -0.386. The van der Waals surface area contributed by atoms with Gasteiger partial charge in [0.25, 0.3) is 0 Å². The molecule has 0 aliphatic heterocycles. The van der Waals surface area contributed by atoms with Crippen LogP contribution in [0.5, 0.6) is 0 Å². The molecule has 5 heteroatoms. The van der Waals surface area contributed by atoms with Gasteiger partial charge >= 0.3 is 5.97 Å². The summed E-state index contributed by atoms with van der Waals surface area (Å²) in [4.78, 5) is 16.1. The molecule has 20 heavy (non-hydrogen) atoms. The van der Waals surface area contributed by atoms with Crippen molar-refractivity contribution in [3.05, 3.63) is 17.8 Å². The van der Waals surface area contributed by atoms with Crippen LogP contribution in [0.1, 0.15) is 43.0 Å². The fraction of sp³-hybridized carbons (Fsp3) is 0.600. The lowest BCUT2D eigenvalue weighted by Crippen LogP contribution is -2.27. The molecule has 1 aromatic rings. The van der Waals surface area contributed by atoms with Crippen LogP contribution in [0.25, 0.3) is 0 Å². The standard InChI is InChI=1S/C15H21N3O2/c1-2-20-15(19)11-5-6-17-14(13(11)16)18-12-8-9-3-4-10(12)7-9/h5-6,9-10,12H,2-4,7-8,16H2,1H3,(H,17,18). The summed E-state index contributed by atoms with van der Waals surface area (Å²) in [5, 5.41) is 3.43. The molecule has 2 aliphatic rings. The predicted molar refractivity (Wildman–Crippen MR) is 77.5 cm³/mol. The molecule has 3 atom stereocenters. The first kappa shape index (κ1) is 13.2. The van der Waals surface area contributed by atoms with Crippen molar-refractivity contribution < 1.29 is 9.53 Å². The first-order chi connectivity index (χ1) is 9.69. The highest BCUT2D eigenvalue weighted by Crippen LogP contribution is 2.45. The molecule has 2 fully saturated rings. The first-order valence-electron chi connectivity index (χ1n) is 7.37. The van der Waals surface area contributed by atoms with Crippen LogP contribution in [-0.4, -0.2) is 23.6 Å². The molecule has 0 amide bonds. The molecule has 2 bridgehead atoms. The van der Waals surface area contributed by atoms with Crippen molar-refractivity contribution in [2.45, 2.75) is 38.6 Å². The minimum Gasteiger partial charge on any atom is -0.462 e. The predicted octanol–water partition coefficient (Wildman–Crippen LogP) is 2.44. The molecule has 3 rings (SSSR count). The van der Waals surface area contributed by atoms with Crippen molar-refractivity contribution in [2.75, 3.05) is 17.7 Å². The Morgan fingerprint density at radius 3 is 3.00 bits per heavy atom. The zero-order valence-corrected chi connectivity index (χ0v) is 11.8. The number of ether oxygens (including phenoxy) is 1. The fourth-order valence-electron chi connectivity index (χ4n) is 3.57. The highest BCUT2D eigenvalue weighted by molar-refractivity contribution is 5.97. The van der Waals surface area contributed by atoms with E-state index in [1.165, 1.54) is 25.7 Å². The summed E-state index contributed by atoms with van der Waals surface area (Å²) in [6, 6.07) is 2.06. The highest BCUT2D eigenvalue weighted by atomic mass is 16.5. The second-order valence-corrected chi connectivity index (χ2v) is 5.77. The summed E-state index contributed by atoms with van der Waals surface area (Å²) in [7, 11) is 0. The second-order valence-electron chi connectivity index (χ2n) is 5.77. The zero-order chi connectivity index (χ0) is 14.1. The Hall–Kier alpha value is -1.78. The van der Waals surface area contributed by atoms with Crippen LogP contribution in [0.15, 0.2) is 12.3 Å². The smallest absolute Gasteiger partial charge is 0.340 e. The molecule has 0 aromatic carbocycles. The average molecular weight is 275 g/mol. The lowest BCUT2D eigenvalue weighted by atomic mass is 9.95. The number of nitrogen functional groups attached to an aromatic ring is 1. The normalized spacial score (nSPS) is 27.6. The van der Waals surface area contributed by atoms with Gasteiger partial charge in [-0.05, 0) is 44.1 Å². The molecule has 1 aromatic heterocycles. The summed E-state index contributed by atoms with van der Waals surface area (Å²) < 4.78 is 5.01. The van der Waals surface area contributed by atoms with Crippen LogP contribution in [0.3, 0.4) is 0 Å². The van der Waals surface area contributed by atoms with Crippen LogP contribution in [0, 0.1) is 11.8 Å². The number of pyridine rings is 1. The molecule has 3 unspecified atom stereocenters. The third-order valence-corrected chi connectivity index (χ3v) is 4.55. The Bertz CT molecular complexity index is 518. The quantitative estimate of drug-likeness (QED) is 0.825. The first-order valence-corrected chi connectivity index (χ1v) is 7.37. The third kappa shape index (κ3) is 2.32. The summed E-state index contributed by atoms with van der Waals surface area (Å²) in [5.74, 6) is 1.82. The van der Waals surface area contributed by atoms with Crippen LogP contribution < -0.4 is 11.1 Å². The summed E-state index contributed by atoms with van der Waals surface area (Å²) >= 11 is 0. The van der Waals surface area contributed by atoms with Crippen molar-refractivity contribution >= 4 is 17.5 Å². The number of esters is 1. The van der Waals surface area contributed by atoms with E-state index in [1.807, 2.05) is 0 Å². The lowest BCUT2D eigenvalue weighted by Gasteiger charge is -2.24. The fourth-order valence-corrected chi connectivity index (χ4v) is 3.57. The van der Waals surface area contributed by atoms with Gasteiger partial charge < -0.3 is 15.8 Å². The van der Waals surface area contributed by atoms with Gasteiger partial charge in [-0.3, -0.25) is 0 Å². The van der Waals surface area contributed by atoms with E-state index in [1.54, 1.807) is 19.2 Å². The van der Waals surface area contributed by atoms with Gasteiger partial charge in [0.1, 0.15) is 5.82 Å². The number of fused-ring (bicyclic) bond motifs is 2. The van der Waals surface area contributed by atoms with E-state index in [-0.39, 0.29) is 5.97 Å². The van der Waals surface area contributed by atoms with Crippen molar-refractivity contribution in [1.82, 2.24) is 4.98 Å². The average Bonchev–Trinajstić information content (AvgIpc) is 3.04. The van der Waals surface area contributed by atoms with E-state index < -0.39 is 0 Å². The van der Waals surface area contributed by atoms with Crippen molar-refractivity contribution in [2.24, 2.45) is 11.8 Å². The van der Waals surface area contributed by atoms with Gasteiger partial charge in [-0.2, -0.15) is 0 Å². The summed E-state index contributed by atoms with van der Waals surface area (Å²) in [6.07, 6.45) is 6.76. The lowest BCUT2D eigenvalue weighted by molar-refractivity contribution is 0.0527. The van der Waals surface area contributed by atoms with Gasteiger partial charge in [0.15, 0.2) is 0 Å². The van der Waals surface area contributed by atoms with Gasteiger partial charge in [0.05, 0.1) is 17.9 Å². The van der Waals surface area contributed by atoms with Crippen LogP contribution in [0.2, 0.25) is 0 Å². The number of hydrogen-bond acceptors (Lipinski definition) is 5. The van der Waals surface area contributed by atoms with Gasteiger partial charge in [0, 0.05) is 12.2 Å². The van der Waals surface area contributed by atoms with Gasteiger partial charge in [0.2, 0.25) is 0 Å². The number of anilines is 2. The topological polar surface area (TPSA) is 77.2 Å². The highest BCUT2D eigenvalue weighted by Gasteiger charge is 2.39. The summed E-state index contributed by atoms with van der Waals surface area (Å²) in [6.45, 7) is 2.12. The number of carbonyl (C=O) groups is 1. The number of rotatable bonds is 4. The molecule has 0 spiro atoms. The molecular formula is C15H21N3O2. The number of carbonyl (C=O) groups excluding carboxylic acids is 1. The molecular weight excluding hydrogens is 254 g/mol. The maximum atomic E-state index is 11.8. The molecule has 0 saturated heterocycles. The van der Waals surface area contributed by atoms with Crippen LogP contribution >= 0.6 is 0 Å². The van der Waals surface area contributed by atoms with Gasteiger partial charge in [-0.15, -0.1) is 0 Å². The van der Waals surface area contributed by atoms with E-state index in [4.69, 9.17) is 10.5 Å². The number of hydrogen-bond donors (Lipinski definition) is 2. The number of nitrogens with two attached hydrogens (primary N) is 1. The van der Waals surface area contributed by atoms with Crippen molar-refractivity contribution in [3.8, 4) is 0 Å². The maximum absolute atomic E-state index is 11.8. The Morgan fingerprint density at radius 2 is 2.35 bits per heavy atom. The van der Waals surface area contributed by atoms with E-state index in [2.05, 4.69) is 10.3 Å². The molecule has 3 N–H and O–H groups in total. The molecule has 5 nitrogen and oxygen atoms in total. The van der Waals surface area contributed by atoms with Gasteiger partial charge in [-0.1, -0.05) is 6.42 Å². The maximum Gasteiger partial charge on any atom is 0.340 e. The summed E-state index contributed by atoms with van der Waals surface area (Å²) in [5.41, 5.74) is 6.86. The molecule has 2 aliphatic carbocycles. The number of nitrogens with zero attached hydrogens (tertiary/aromatic N) is 1. The monoisotopic (exact) mass is 275 g/mol. The van der Waals surface area contributed by atoms with E-state index in [0.29, 0.717) is 29.7 Å². The number of nitrogens with one attached hydrogen (secondary N) is 1. The number of aromatic nitrogens is 1. The molecule has 0 radical (unpaired) electrons. The van der Waals surface area contributed by atoms with E-state index >= 15 is 0 Å². The molecule has 1 heterocycles. The molecule has 2 saturated carbocycles. The Kier molecular flexibility index (Phi) is 3.51. The zero-order valence-electron chi connectivity index (χ0n) is 11.8. The Balaban J connectivity index is 1.76. The van der Waals surface area contributed by atoms with Crippen molar-refractivity contribution in [1.29, 1.82) is 0 Å². The largest absolute Gasteiger partial charge is 0.462 e. The van der Waals surface area contributed by atoms with Gasteiger partial charge in [-0.25, -0.2) is 9.78 Å². The Morgan fingerprint density at radius 1 is 1.50 bits per heavy atom.